The summed E-state index contributed by atoms with van der Waals surface area (Å²) in [6.07, 6.45) is 0. The van der Waals surface area contributed by atoms with E-state index in [0.717, 1.165) is 4.31 Å². The third-order valence-corrected chi connectivity index (χ3v) is 5.68. The molecule has 0 amide bonds. The summed E-state index contributed by atoms with van der Waals surface area (Å²) < 4.78 is 36.1. The van der Waals surface area contributed by atoms with E-state index < -0.39 is 10.0 Å². The van der Waals surface area contributed by atoms with E-state index in [-0.39, 0.29) is 4.90 Å². The standard InChI is InChI=1S/C16H17Cl2NO4S/c1-19(2)24(20,21)14-6-3-12(4-7-14)22-9-10-23-13-5-8-15(17)16(18)11-13/h3-8,11H,9-10H2,1-2H3. The van der Waals surface area contributed by atoms with Crippen LogP contribution in [0.3, 0.4) is 0 Å². The van der Waals surface area contributed by atoms with Crippen molar-refractivity contribution in [3.63, 3.8) is 0 Å². The minimum absolute atomic E-state index is 0.215. The SMILES string of the molecule is CN(C)S(=O)(=O)c1ccc(OCCOc2ccc(Cl)c(Cl)c2)cc1. The van der Waals surface area contributed by atoms with Gasteiger partial charge in [0, 0.05) is 20.2 Å². The smallest absolute Gasteiger partial charge is 0.242 e. The average Bonchev–Trinajstić information content (AvgIpc) is 2.55. The van der Waals surface area contributed by atoms with Crippen LogP contribution in [0.15, 0.2) is 47.4 Å². The fourth-order valence-electron chi connectivity index (χ4n) is 1.80. The number of ether oxygens (including phenoxy) is 2. The lowest BCUT2D eigenvalue weighted by Gasteiger charge is -2.12. The first-order valence-corrected chi connectivity index (χ1v) is 9.23. The summed E-state index contributed by atoms with van der Waals surface area (Å²) in [5.74, 6) is 1.16. The number of rotatable bonds is 7. The van der Waals surface area contributed by atoms with Gasteiger partial charge in [0.05, 0.1) is 14.9 Å². The van der Waals surface area contributed by atoms with Crippen molar-refractivity contribution in [2.45, 2.75) is 4.90 Å². The Morgan fingerprint density at radius 2 is 1.42 bits per heavy atom. The fraction of sp³-hybridized carbons (Fsp3) is 0.250. The largest absolute Gasteiger partial charge is 0.490 e. The van der Waals surface area contributed by atoms with Crippen molar-refractivity contribution in [1.29, 1.82) is 0 Å². The lowest BCUT2D eigenvalue weighted by Crippen LogP contribution is -2.22. The predicted molar refractivity (Wildman–Crippen MR) is 94.8 cm³/mol. The van der Waals surface area contributed by atoms with Crippen LogP contribution in [-0.4, -0.2) is 40.0 Å². The minimum atomic E-state index is -3.43. The minimum Gasteiger partial charge on any atom is -0.490 e. The Kier molecular flexibility index (Phi) is 6.34. The van der Waals surface area contributed by atoms with E-state index >= 15 is 0 Å². The van der Waals surface area contributed by atoms with Gasteiger partial charge in [0.2, 0.25) is 10.0 Å². The molecule has 0 N–H and O–H groups in total. The van der Waals surface area contributed by atoms with E-state index in [2.05, 4.69) is 0 Å². The summed E-state index contributed by atoms with van der Waals surface area (Å²) in [5.41, 5.74) is 0. The molecule has 0 atom stereocenters. The molecule has 24 heavy (non-hydrogen) atoms. The number of nitrogens with zero attached hydrogens (tertiary/aromatic N) is 1. The van der Waals surface area contributed by atoms with Gasteiger partial charge in [-0.2, -0.15) is 0 Å². The highest BCUT2D eigenvalue weighted by atomic mass is 35.5. The molecule has 5 nitrogen and oxygen atoms in total. The predicted octanol–water partition coefficient (Wildman–Crippen LogP) is 3.70. The summed E-state index contributed by atoms with van der Waals surface area (Å²) in [5, 5.41) is 0.890. The van der Waals surface area contributed by atoms with Crippen LogP contribution in [0.1, 0.15) is 0 Å². The van der Waals surface area contributed by atoms with E-state index in [4.69, 9.17) is 32.7 Å². The van der Waals surface area contributed by atoms with Crippen molar-refractivity contribution in [3.05, 3.63) is 52.5 Å². The zero-order valence-corrected chi connectivity index (χ0v) is 15.5. The molecule has 130 valence electrons. The molecule has 2 aromatic rings. The Labute approximate surface area is 151 Å². The van der Waals surface area contributed by atoms with Crippen LogP contribution in [0, 0.1) is 0 Å². The Morgan fingerprint density at radius 3 is 1.96 bits per heavy atom. The number of hydrogen-bond acceptors (Lipinski definition) is 4. The summed E-state index contributed by atoms with van der Waals surface area (Å²) in [4.78, 5) is 0.215. The lowest BCUT2D eigenvalue weighted by molar-refractivity contribution is 0.217. The van der Waals surface area contributed by atoms with Crippen LogP contribution in [0.5, 0.6) is 11.5 Å². The van der Waals surface area contributed by atoms with Gasteiger partial charge in [-0.15, -0.1) is 0 Å². The van der Waals surface area contributed by atoms with Crippen LogP contribution >= 0.6 is 23.2 Å². The topological polar surface area (TPSA) is 55.8 Å². The fourth-order valence-corrected chi connectivity index (χ4v) is 2.99. The normalized spacial score (nSPS) is 11.5. The molecule has 0 aliphatic carbocycles. The van der Waals surface area contributed by atoms with E-state index in [1.54, 1.807) is 30.3 Å². The maximum Gasteiger partial charge on any atom is 0.242 e. The molecule has 0 aliphatic rings. The molecule has 8 heteroatoms. The van der Waals surface area contributed by atoms with E-state index in [0.29, 0.717) is 34.8 Å². The quantitative estimate of drug-likeness (QED) is 0.677. The molecule has 0 fully saturated rings. The second kappa shape index (κ2) is 8.07. The molecule has 2 aromatic carbocycles. The van der Waals surface area contributed by atoms with Crippen molar-refractivity contribution >= 4 is 33.2 Å². The molecule has 0 aromatic heterocycles. The zero-order chi connectivity index (χ0) is 17.7. The van der Waals surface area contributed by atoms with Gasteiger partial charge in [-0.05, 0) is 36.4 Å². The maximum atomic E-state index is 12.0. The van der Waals surface area contributed by atoms with Gasteiger partial charge in [0.25, 0.3) is 0 Å². The molecule has 0 spiro atoms. The molecule has 0 heterocycles. The summed E-state index contributed by atoms with van der Waals surface area (Å²) in [6.45, 7) is 0.621. The van der Waals surface area contributed by atoms with Gasteiger partial charge in [0.1, 0.15) is 24.7 Å². The number of halogens is 2. The molecular formula is C16H17Cl2NO4S. The first-order chi connectivity index (χ1) is 11.3. The molecule has 0 bridgehead atoms. The molecule has 0 aliphatic heterocycles. The Morgan fingerprint density at radius 1 is 0.875 bits per heavy atom. The van der Waals surface area contributed by atoms with Gasteiger partial charge in [-0.3, -0.25) is 0 Å². The van der Waals surface area contributed by atoms with Crippen molar-refractivity contribution in [1.82, 2.24) is 4.31 Å². The summed E-state index contributed by atoms with van der Waals surface area (Å²) in [6, 6.07) is 11.2. The van der Waals surface area contributed by atoms with Crippen molar-refractivity contribution in [3.8, 4) is 11.5 Å². The average molecular weight is 390 g/mol. The second-order valence-corrected chi connectivity index (χ2v) is 8.00. The van der Waals surface area contributed by atoms with E-state index in [1.165, 1.54) is 26.2 Å². The van der Waals surface area contributed by atoms with Crippen LogP contribution in [-0.2, 0) is 10.0 Å². The van der Waals surface area contributed by atoms with Gasteiger partial charge in [-0.1, -0.05) is 23.2 Å². The van der Waals surface area contributed by atoms with Crippen molar-refractivity contribution in [2.24, 2.45) is 0 Å². The van der Waals surface area contributed by atoms with Crippen LogP contribution in [0.25, 0.3) is 0 Å². The van der Waals surface area contributed by atoms with Gasteiger partial charge in [-0.25, -0.2) is 12.7 Å². The molecule has 0 saturated heterocycles. The van der Waals surface area contributed by atoms with Gasteiger partial charge >= 0.3 is 0 Å². The van der Waals surface area contributed by atoms with Crippen LogP contribution in [0.4, 0.5) is 0 Å². The third-order valence-electron chi connectivity index (χ3n) is 3.11. The molecule has 0 unspecified atom stereocenters. The summed E-state index contributed by atoms with van der Waals surface area (Å²) >= 11 is 11.7. The summed E-state index contributed by atoms with van der Waals surface area (Å²) in [7, 11) is -0.460. The first-order valence-electron chi connectivity index (χ1n) is 7.04. The monoisotopic (exact) mass is 389 g/mol. The Hall–Kier alpha value is -1.47. The number of benzene rings is 2. The molecule has 0 saturated carbocycles. The molecule has 2 rings (SSSR count). The maximum absolute atomic E-state index is 12.0. The van der Waals surface area contributed by atoms with E-state index in [1.807, 2.05) is 0 Å². The molecular weight excluding hydrogens is 373 g/mol. The number of sulfonamides is 1. The highest BCUT2D eigenvalue weighted by Gasteiger charge is 2.16. The van der Waals surface area contributed by atoms with Gasteiger partial charge < -0.3 is 9.47 Å². The number of hydrogen-bond donors (Lipinski definition) is 0. The zero-order valence-electron chi connectivity index (χ0n) is 13.2. The highest BCUT2D eigenvalue weighted by molar-refractivity contribution is 7.89. The Bertz CT molecular complexity index is 792. The first kappa shape index (κ1) is 18.9. The van der Waals surface area contributed by atoms with E-state index in [9.17, 15) is 8.42 Å². The highest BCUT2D eigenvalue weighted by Crippen LogP contribution is 2.26. The van der Waals surface area contributed by atoms with Crippen LogP contribution in [0.2, 0.25) is 10.0 Å². The van der Waals surface area contributed by atoms with Crippen LogP contribution < -0.4 is 9.47 Å². The van der Waals surface area contributed by atoms with Crippen molar-refractivity contribution < 1.29 is 17.9 Å². The van der Waals surface area contributed by atoms with Crippen molar-refractivity contribution in [2.75, 3.05) is 27.3 Å². The third kappa shape index (κ3) is 4.77. The molecule has 0 radical (unpaired) electrons. The second-order valence-electron chi connectivity index (χ2n) is 5.03. The lowest BCUT2D eigenvalue weighted by atomic mass is 10.3. The Balaban J connectivity index is 1.85. The van der Waals surface area contributed by atoms with Gasteiger partial charge in [0.15, 0.2) is 0 Å².